The molecule has 0 unspecified atom stereocenters. The summed E-state index contributed by atoms with van der Waals surface area (Å²) in [7, 11) is 0. The molecule has 33 heavy (non-hydrogen) atoms. The first kappa shape index (κ1) is 23.8. The van der Waals surface area contributed by atoms with Crippen molar-refractivity contribution in [2.45, 2.75) is 17.2 Å². The van der Waals surface area contributed by atoms with Crippen LogP contribution < -0.4 is 10.6 Å². The highest BCUT2D eigenvalue weighted by Gasteiger charge is 2.67. The SMILES string of the molecule is Cc1cc(Cl)cc([C@H]2[C@H](C(=O)Nc3ccc(Cl)c(C(=O)Nc4ccc(F)cc4)c3)C2(Cl)Cl)c1. The van der Waals surface area contributed by atoms with Crippen molar-refractivity contribution < 1.29 is 14.0 Å². The number of benzene rings is 3. The minimum atomic E-state index is -1.28. The lowest BCUT2D eigenvalue weighted by Crippen LogP contribution is -2.18. The molecule has 1 saturated carbocycles. The summed E-state index contributed by atoms with van der Waals surface area (Å²) in [6.07, 6.45) is 0. The van der Waals surface area contributed by atoms with E-state index in [0.29, 0.717) is 16.4 Å². The molecule has 2 amide bonds. The average Bonchev–Trinajstić information content (AvgIpc) is 3.32. The molecule has 2 N–H and O–H groups in total. The van der Waals surface area contributed by atoms with E-state index >= 15 is 0 Å². The Hall–Kier alpha value is -2.31. The average molecular weight is 526 g/mol. The quantitative estimate of drug-likeness (QED) is 0.345. The van der Waals surface area contributed by atoms with Crippen molar-refractivity contribution in [3.63, 3.8) is 0 Å². The van der Waals surface area contributed by atoms with E-state index in [4.69, 9.17) is 46.4 Å². The summed E-state index contributed by atoms with van der Waals surface area (Å²) in [6.45, 7) is 1.89. The molecule has 1 aliphatic carbocycles. The lowest BCUT2D eigenvalue weighted by Gasteiger charge is -2.10. The van der Waals surface area contributed by atoms with Crippen LogP contribution in [0.3, 0.4) is 0 Å². The maximum atomic E-state index is 13.1. The zero-order valence-electron chi connectivity index (χ0n) is 17.1. The maximum absolute atomic E-state index is 13.1. The summed E-state index contributed by atoms with van der Waals surface area (Å²) in [5.41, 5.74) is 2.60. The second-order valence-electron chi connectivity index (χ2n) is 7.84. The van der Waals surface area contributed by atoms with Crippen molar-refractivity contribution in [1.29, 1.82) is 0 Å². The van der Waals surface area contributed by atoms with Gasteiger partial charge in [0.2, 0.25) is 5.91 Å². The van der Waals surface area contributed by atoms with Crippen molar-refractivity contribution in [2.24, 2.45) is 5.92 Å². The molecule has 4 nitrogen and oxygen atoms in total. The first-order valence-corrected chi connectivity index (χ1v) is 11.4. The van der Waals surface area contributed by atoms with Gasteiger partial charge < -0.3 is 10.6 Å². The highest BCUT2D eigenvalue weighted by atomic mass is 35.5. The molecule has 9 heteroatoms. The molecule has 3 aromatic rings. The molecule has 0 bridgehead atoms. The second kappa shape index (κ2) is 9.15. The van der Waals surface area contributed by atoms with Crippen LogP contribution in [-0.4, -0.2) is 16.1 Å². The third-order valence-corrected chi connectivity index (χ3v) is 6.83. The normalized spacial score (nSPS) is 18.5. The van der Waals surface area contributed by atoms with Crippen molar-refractivity contribution in [2.75, 3.05) is 10.6 Å². The Balaban J connectivity index is 1.50. The van der Waals surface area contributed by atoms with Crippen LogP contribution in [0.1, 0.15) is 27.4 Å². The van der Waals surface area contributed by atoms with Crippen LogP contribution in [0.2, 0.25) is 10.0 Å². The molecule has 0 radical (unpaired) electrons. The van der Waals surface area contributed by atoms with E-state index in [2.05, 4.69) is 10.6 Å². The number of carbonyl (C=O) groups excluding carboxylic acids is 2. The number of rotatable bonds is 5. The van der Waals surface area contributed by atoms with Crippen molar-refractivity contribution in [3.05, 3.63) is 93.2 Å². The van der Waals surface area contributed by atoms with Crippen molar-refractivity contribution in [3.8, 4) is 0 Å². The number of halogens is 5. The van der Waals surface area contributed by atoms with Crippen LogP contribution >= 0.6 is 46.4 Å². The second-order valence-corrected chi connectivity index (χ2v) is 10.1. The lowest BCUT2D eigenvalue weighted by molar-refractivity contribution is -0.117. The Bertz CT molecular complexity index is 1230. The standard InChI is InChI=1S/C24H17Cl4FN2O2/c1-12-8-13(10-14(25)9-12)20-21(24(20,27)28)23(33)31-17-6-7-19(26)18(11-17)22(32)30-16-4-2-15(29)3-5-16/h2-11,20-21H,1H3,(H,30,32)(H,31,33)/t20-,21+/m0/s1. The molecule has 4 rings (SSSR count). The van der Waals surface area contributed by atoms with Crippen LogP contribution in [0.15, 0.2) is 60.7 Å². The number of anilines is 2. The van der Waals surface area contributed by atoms with Gasteiger partial charge in [0.05, 0.1) is 16.5 Å². The monoisotopic (exact) mass is 524 g/mol. The van der Waals surface area contributed by atoms with E-state index < -0.39 is 33.8 Å². The molecule has 2 atom stereocenters. The number of hydrogen-bond donors (Lipinski definition) is 2. The number of hydrogen-bond acceptors (Lipinski definition) is 2. The molecule has 0 spiro atoms. The zero-order valence-corrected chi connectivity index (χ0v) is 20.2. The van der Waals surface area contributed by atoms with Gasteiger partial charge in [-0.1, -0.05) is 29.3 Å². The minimum Gasteiger partial charge on any atom is -0.326 e. The first-order valence-electron chi connectivity index (χ1n) is 9.88. The number of nitrogens with one attached hydrogen (secondary N) is 2. The smallest absolute Gasteiger partial charge is 0.257 e. The molecule has 170 valence electrons. The maximum Gasteiger partial charge on any atom is 0.257 e. The molecule has 0 saturated heterocycles. The van der Waals surface area contributed by atoms with Gasteiger partial charge >= 0.3 is 0 Å². The highest BCUT2D eigenvalue weighted by Crippen LogP contribution is 2.65. The van der Waals surface area contributed by atoms with E-state index in [9.17, 15) is 14.0 Å². The molecule has 0 aliphatic heterocycles. The molecule has 1 fully saturated rings. The van der Waals surface area contributed by atoms with Crippen LogP contribution in [0, 0.1) is 18.7 Å². The number of alkyl halides is 2. The topological polar surface area (TPSA) is 58.2 Å². The number of carbonyl (C=O) groups is 2. The Labute approximate surface area is 210 Å². The van der Waals surface area contributed by atoms with E-state index in [1.54, 1.807) is 18.2 Å². The number of aryl methyl sites for hydroxylation is 1. The van der Waals surface area contributed by atoms with Gasteiger partial charge in [-0.3, -0.25) is 9.59 Å². The summed E-state index contributed by atoms with van der Waals surface area (Å²) >= 11 is 25.2. The molecular weight excluding hydrogens is 509 g/mol. The van der Waals surface area contributed by atoms with Crippen LogP contribution in [-0.2, 0) is 4.79 Å². The van der Waals surface area contributed by atoms with E-state index in [-0.39, 0.29) is 10.6 Å². The van der Waals surface area contributed by atoms with Gasteiger partial charge in [0.25, 0.3) is 5.91 Å². The van der Waals surface area contributed by atoms with Gasteiger partial charge in [0, 0.05) is 22.3 Å². The predicted octanol–water partition coefficient (Wildman–Crippen LogP) is 7.22. The summed E-state index contributed by atoms with van der Waals surface area (Å²) in [6, 6.07) is 15.3. The van der Waals surface area contributed by atoms with Gasteiger partial charge in [-0.05, 0) is 72.6 Å². The Morgan fingerprint density at radius 3 is 2.24 bits per heavy atom. The molecular formula is C24H17Cl4FN2O2. The molecule has 3 aromatic carbocycles. The summed E-state index contributed by atoms with van der Waals surface area (Å²) in [5.74, 6) is -2.45. The summed E-state index contributed by atoms with van der Waals surface area (Å²) < 4.78 is 11.8. The molecule has 1 aliphatic rings. The van der Waals surface area contributed by atoms with Crippen molar-refractivity contribution >= 4 is 69.6 Å². The van der Waals surface area contributed by atoms with E-state index in [1.807, 2.05) is 13.0 Å². The lowest BCUT2D eigenvalue weighted by atomic mass is 10.1. The first-order chi connectivity index (χ1) is 15.6. The highest BCUT2D eigenvalue weighted by molar-refractivity contribution is 6.53. The van der Waals surface area contributed by atoms with Gasteiger partial charge in [0.1, 0.15) is 10.2 Å². The fraction of sp³-hybridized carbons (Fsp3) is 0.167. The zero-order chi connectivity index (χ0) is 23.9. The summed E-state index contributed by atoms with van der Waals surface area (Å²) in [5, 5.41) is 6.12. The number of amides is 2. The van der Waals surface area contributed by atoms with Crippen molar-refractivity contribution in [1.82, 2.24) is 0 Å². The molecule has 0 aromatic heterocycles. The van der Waals surface area contributed by atoms with Crippen LogP contribution in [0.4, 0.5) is 15.8 Å². The minimum absolute atomic E-state index is 0.139. The molecule has 0 heterocycles. The van der Waals surface area contributed by atoms with E-state index in [0.717, 1.165) is 11.1 Å². The van der Waals surface area contributed by atoms with Gasteiger partial charge in [-0.2, -0.15) is 0 Å². The Morgan fingerprint density at radius 2 is 1.58 bits per heavy atom. The van der Waals surface area contributed by atoms with E-state index in [1.165, 1.54) is 36.4 Å². The Morgan fingerprint density at radius 1 is 0.909 bits per heavy atom. The Kier molecular flexibility index (Phi) is 6.61. The summed E-state index contributed by atoms with van der Waals surface area (Å²) in [4.78, 5) is 25.6. The van der Waals surface area contributed by atoms with Gasteiger partial charge in [-0.25, -0.2) is 4.39 Å². The fourth-order valence-electron chi connectivity index (χ4n) is 3.74. The van der Waals surface area contributed by atoms with Gasteiger partial charge in [-0.15, -0.1) is 23.2 Å². The predicted molar refractivity (Wildman–Crippen MR) is 131 cm³/mol. The largest absolute Gasteiger partial charge is 0.326 e. The van der Waals surface area contributed by atoms with Crippen LogP contribution in [0.25, 0.3) is 0 Å². The third-order valence-electron chi connectivity index (χ3n) is 5.34. The third kappa shape index (κ3) is 5.12. The fourth-order valence-corrected chi connectivity index (χ4v) is 5.07. The van der Waals surface area contributed by atoms with Gasteiger partial charge in [0.15, 0.2) is 0 Å². The van der Waals surface area contributed by atoms with Crippen LogP contribution in [0.5, 0.6) is 0 Å².